The summed E-state index contributed by atoms with van der Waals surface area (Å²) >= 11 is 3.08. The van der Waals surface area contributed by atoms with Crippen LogP contribution in [0, 0.1) is 0 Å². The molecule has 2 N–H and O–H groups in total. The molecule has 0 aliphatic carbocycles. The number of rotatable bonds is 3. The molecule has 0 saturated carbocycles. The lowest BCUT2D eigenvalue weighted by Crippen LogP contribution is -2.29. The normalized spacial score (nSPS) is 11.2. The summed E-state index contributed by atoms with van der Waals surface area (Å²) in [5.74, 6) is 0. The SMILES string of the molecule is CCCNC(=O)Nc1cc(C(F)(F)F)ccc1Br. The number of halogens is 4. The molecule has 1 aromatic carbocycles. The van der Waals surface area contributed by atoms with Gasteiger partial charge >= 0.3 is 12.2 Å². The summed E-state index contributed by atoms with van der Waals surface area (Å²) in [7, 11) is 0. The lowest BCUT2D eigenvalue weighted by atomic mass is 10.2. The first kappa shape index (κ1) is 14.8. The number of urea groups is 1. The Bertz CT molecular complexity index is 435. The Balaban J connectivity index is 2.85. The highest BCUT2D eigenvalue weighted by Gasteiger charge is 2.31. The van der Waals surface area contributed by atoms with Crippen molar-refractivity contribution in [1.29, 1.82) is 0 Å². The second-order valence-corrected chi connectivity index (χ2v) is 4.43. The van der Waals surface area contributed by atoms with E-state index in [-0.39, 0.29) is 5.69 Å². The third-order valence-electron chi connectivity index (χ3n) is 2.08. The fourth-order valence-electron chi connectivity index (χ4n) is 1.20. The molecule has 2 amide bonds. The molecule has 0 atom stereocenters. The van der Waals surface area contributed by atoms with Gasteiger partial charge in [-0.1, -0.05) is 6.92 Å². The highest BCUT2D eigenvalue weighted by molar-refractivity contribution is 9.10. The minimum Gasteiger partial charge on any atom is -0.338 e. The Labute approximate surface area is 111 Å². The van der Waals surface area contributed by atoms with Crippen molar-refractivity contribution >= 4 is 27.6 Å². The van der Waals surface area contributed by atoms with Gasteiger partial charge in [-0.05, 0) is 40.5 Å². The molecular weight excluding hydrogens is 313 g/mol. The molecule has 18 heavy (non-hydrogen) atoms. The maximum Gasteiger partial charge on any atom is 0.416 e. The molecule has 0 saturated heterocycles. The number of anilines is 1. The van der Waals surface area contributed by atoms with Crippen LogP contribution in [0.4, 0.5) is 23.7 Å². The third kappa shape index (κ3) is 4.21. The summed E-state index contributed by atoms with van der Waals surface area (Å²) in [6.45, 7) is 2.34. The Morgan fingerprint density at radius 2 is 2.06 bits per heavy atom. The van der Waals surface area contributed by atoms with Crippen molar-refractivity contribution in [3.63, 3.8) is 0 Å². The zero-order valence-corrected chi connectivity index (χ0v) is 11.2. The molecule has 0 unspecified atom stereocenters. The first-order valence-electron chi connectivity index (χ1n) is 5.26. The van der Waals surface area contributed by atoms with E-state index in [9.17, 15) is 18.0 Å². The van der Waals surface area contributed by atoms with E-state index in [4.69, 9.17) is 0 Å². The van der Waals surface area contributed by atoms with E-state index in [2.05, 4.69) is 26.6 Å². The van der Waals surface area contributed by atoms with Crippen molar-refractivity contribution in [1.82, 2.24) is 5.32 Å². The standard InChI is InChI=1S/C11H12BrF3N2O/c1-2-5-16-10(18)17-9-6-7(11(13,14)15)3-4-8(9)12/h3-4,6H,2,5H2,1H3,(H2,16,17,18). The maximum atomic E-state index is 12.5. The van der Waals surface area contributed by atoms with Crippen LogP contribution < -0.4 is 10.6 Å². The Hall–Kier alpha value is -1.24. The summed E-state index contributed by atoms with van der Waals surface area (Å²) in [5, 5.41) is 4.87. The molecule has 0 fully saturated rings. The van der Waals surface area contributed by atoms with Crippen LogP contribution in [0.25, 0.3) is 0 Å². The van der Waals surface area contributed by atoms with E-state index in [1.165, 1.54) is 6.07 Å². The van der Waals surface area contributed by atoms with Crippen LogP contribution in [0.2, 0.25) is 0 Å². The fourth-order valence-corrected chi connectivity index (χ4v) is 1.55. The monoisotopic (exact) mass is 324 g/mol. The predicted molar refractivity (Wildman–Crippen MR) is 66.5 cm³/mol. The van der Waals surface area contributed by atoms with Crippen LogP contribution in [0.5, 0.6) is 0 Å². The van der Waals surface area contributed by atoms with Crippen molar-refractivity contribution in [2.24, 2.45) is 0 Å². The van der Waals surface area contributed by atoms with E-state index in [1.54, 1.807) is 0 Å². The average molecular weight is 325 g/mol. The van der Waals surface area contributed by atoms with E-state index < -0.39 is 17.8 Å². The van der Waals surface area contributed by atoms with E-state index in [0.717, 1.165) is 18.6 Å². The lowest BCUT2D eigenvalue weighted by Gasteiger charge is -2.12. The average Bonchev–Trinajstić information content (AvgIpc) is 2.28. The molecule has 3 nitrogen and oxygen atoms in total. The molecule has 1 aromatic rings. The van der Waals surface area contributed by atoms with Crippen molar-refractivity contribution < 1.29 is 18.0 Å². The van der Waals surface area contributed by atoms with Crippen molar-refractivity contribution in [2.45, 2.75) is 19.5 Å². The lowest BCUT2D eigenvalue weighted by molar-refractivity contribution is -0.137. The Morgan fingerprint density at radius 1 is 1.39 bits per heavy atom. The molecule has 0 spiro atoms. The van der Waals surface area contributed by atoms with Crippen LogP contribution in [0.1, 0.15) is 18.9 Å². The van der Waals surface area contributed by atoms with Crippen LogP contribution in [0.15, 0.2) is 22.7 Å². The fraction of sp³-hybridized carbons (Fsp3) is 0.364. The number of alkyl halides is 3. The first-order chi connectivity index (χ1) is 8.34. The highest BCUT2D eigenvalue weighted by atomic mass is 79.9. The van der Waals surface area contributed by atoms with E-state index >= 15 is 0 Å². The molecule has 100 valence electrons. The summed E-state index contributed by atoms with van der Waals surface area (Å²) < 4.78 is 37.9. The van der Waals surface area contributed by atoms with Crippen LogP contribution >= 0.6 is 15.9 Å². The number of nitrogens with one attached hydrogen (secondary N) is 2. The second-order valence-electron chi connectivity index (χ2n) is 3.57. The predicted octanol–water partition coefficient (Wildman–Crippen LogP) is 4.00. The van der Waals surface area contributed by atoms with Crippen LogP contribution in [-0.2, 0) is 6.18 Å². The quantitative estimate of drug-likeness (QED) is 0.866. The van der Waals surface area contributed by atoms with Crippen molar-refractivity contribution in [3.8, 4) is 0 Å². The Morgan fingerprint density at radius 3 is 2.61 bits per heavy atom. The van der Waals surface area contributed by atoms with E-state index in [0.29, 0.717) is 11.0 Å². The molecule has 0 radical (unpaired) electrons. The van der Waals surface area contributed by atoms with Gasteiger partial charge in [0.1, 0.15) is 0 Å². The van der Waals surface area contributed by atoms with Crippen molar-refractivity contribution in [2.75, 3.05) is 11.9 Å². The summed E-state index contributed by atoms with van der Waals surface area (Å²) in [6, 6.07) is 2.55. The molecule has 0 aliphatic heterocycles. The number of amides is 2. The minimum absolute atomic E-state index is 0.0819. The smallest absolute Gasteiger partial charge is 0.338 e. The molecule has 0 aromatic heterocycles. The van der Waals surface area contributed by atoms with Gasteiger partial charge in [0.15, 0.2) is 0 Å². The summed E-state index contributed by atoms with van der Waals surface area (Å²) in [6.07, 6.45) is -3.69. The highest BCUT2D eigenvalue weighted by Crippen LogP contribution is 2.33. The van der Waals surface area contributed by atoms with Crippen LogP contribution in [-0.4, -0.2) is 12.6 Å². The summed E-state index contributed by atoms with van der Waals surface area (Å²) in [4.78, 5) is 11.4. The number of hydrogen-bond acceptors (Lipinski definition) is 1. The second kappa shape index (κ2) is 6.08. The molecule has 1 rings (SSSR count). The molecule has 7 heteroatoms. The number of carbonyl (C=O) groups is 1. The Kier molecular flexibility index (Phi) is 5.01. The van der Waals surface area contributed by atoms with Gasteiger partial charge < -0.3 is 10.6 Å². The van der Waals surface area contributed by atoms with Gasteiger partial charge in [-0.3, -0.25) is 0 Å². The zero-order valence-electron chi connectivity index (χ0n) is 9.57. The van der Waals surface area contributed by atoms with Gasteiger partial charge in [0, 0.05) is 11.0 Å². The molecule has 0 bridgehead atoms. The number of hydrogen-bond donors (Lipinski definition) is 2. The molecule has 0 aliphatic rings. The minimum atomic E-state index is -4.43. The molecule has 0 heterocycles. The van der Waals surface area contributed by atoms with Gasteiger partial charge in [0.25, 0.3) is 0 Å². The zero-order chi connectivity index (χ0) is 13.8. The number of benzene rings is 1. The third-order valence-corrected chi connectivity index (χ3v) is 2.77. The van der Waals surface area contributed by atoms with Gasteiger partial charge in [0.2, 0.25) is 0 Å². The maximum absolute atomic E-state index is 12.5. The van der Waals surface area contributed by atoms with Gasteiger partial charge in [-0.25, -0.2) is 4.79 Å². The van der Waals surface area contributed by atoms with Crippen molar-refractivity contribution in [3.05, 3.63) is 28.2 Å². The first-order valence-corrected chi connectivity index (χ1v) is 6.05. The largest absolute Gasteiger partial charge is 0.416 e. The van der Waals surface area contributed by atoms with Gasteiger partial charge in [-0.2, -0.15) is 13.2 Å². The van der Waals surface area contributed by atoms with Gasteiger partial charge in [0.05, 0.1) is 11.3 Å². The summed E-state index contributed by atoms with van der Waals surface area (Å²) in [5.41, 5.74) is -0.727. The number of carbonyl (C=O) groups excluding carboxylic acids is 1. The van der Waals surface area contributed by atoms with E-state index in [1.807, 2.05) is 6.92 Å². The van der Waals surface area contributed by atoms with Gasteiger partial charge in [-0.15, -0.1) is 0 Å². The van der Waals surface area contributed by atoms with Crippen LogP contribution in [0.3, 0.4) is 0 Å². The topological polar surface area (TPSA) is 41.1 Å². The molecular formula is C11H12BrF3N2O.